The van der Waals surface area contributed by atoms with Crippen molar-refractivity contribution in [3.63, 3.8) is 0 Å². The quantitative estimate of drug-likeness (QED) is 0.359. The Morgan fingerprint density at radius 3 is 2.22 bits per heavy atom. The molecule has 18 heavy (non-hydrogen) atoms. The van der Waals surface area contributed by atoms with E-state index in [1.165, 1.54) is 17.8 Å². The maximum Gasteiger partial charge on any atom is 0.336 e. The number of esters is 1. The zero-order chi connectivity index (χ0) is 12.6. The molecule has 0 heterocycles. The van der Waals surface area contributed by atoms with Crippen LogP contribution in [0, 0.1) is 0 Å². The number of ether oxygens (including phenoxy) is 1. The Labute approximate surface area is 110 Å². The number of para-hydroxylation sites is 1. The highest BCUT2D eigenvalue weighted by molar-refractivity contribution is 8.02. The van der Waals surface area contributed by atoms with Gasteiger partial charge in [-0.15, -0.1) is 0 Å². The summed E-state index contributed by atoms with van der Waals surface area (Å²) in [5.74, 6) is 0.182. The molecular formula is C15H12O2S. The molecule has 3 heteroatoms. The third kappa shape index (κ3) is 4.11. The number of thioether (sulfide) groups is 1. The van der Waals surface area contributed by atoms with Crippen molar-refractivity contribution < 1.29 is 9.53 Å². The van der Waals surface area contributed by atoms with E-state index in [9.17, 15) is 4.79 Å². The minimum absolute atomic E-state index is 0.371. The molecule has 2 aromatic carbocycles. The molecule has 0 radical (unpaired) electrons. The minimum atomic E-state index is -0.371. The van der Waals surface area contributed by atoms with Crippen LogP contribution in [0.1, 0.15) is 0 Å². The number of carbonyl (C=O) groups excluding carboxylic acids is 1. The normalized spacial score (nSPS) is 10.4. The Bertz CT molecular complexity index is 521. The van der Waals surface area contributed by atoms with E-state index in [4.69, 9.17) is 4.74 Å². The predicted molar refractivity (Wildman–Crippen MR) is 73.5 cm³/mol. The van der Waals surface area contributed by atoms with E-state index in [-0.39, 0.29) is 5.97 Å². The van der Waals surface area contributed by atoms with Gasteiger partial charge in [0.25, 0.3) is 0 Å². The van der Waals surface area contributed by atoms with Gasteiger partial charge in [-0.3, -0.25) is 0 Å². The van der Waals surface area contributed by atoms with Crippen LogP contribution in [0.25, 0.3) is 0 Å². The highest BCUT2D eigenvalue weighted by Gasteiger charge is 1.98. The highest BCUT2D eigenvalue weighted by Crippen LogP contribution is 2.18. The summed E-state index contributed by atoms with van der Waals surface area (Å²) in [6, 6.07) is 18.9. The van der Waals surface area contributed by atoms with E-state index in [0.717, 1.165) is 4.90 Å². The van der Waals surface area contributed by atoms with Gasteiger partial charge >= 0.3 is 5.97 Å². The minimum Gasteiger partial charge on any atom is -0.423 e. The van der Waals surface area contributed by atoms with Gasteiger partial charge in [-0.2, -0.15) is 0 Å². The van der Waals surface area contributed by atoms with Gasteiger partial charge in [-0.05, 0) is 29.7 Å². The molecule has 2 nitrogen and oxygen atoms in total. The van der Waals surface area contributed by atoms with Gasteiger partial charge in [-0.25, -0.2) is 4.79 Å². The number of benzene rings is 2. The summed E-state index contributed by atoms with van der Waals surface area (Å²) in [6.07, 6.45) is 1.42. The SMILES string of the molecule is O=C(C=CSc1ccccc1)Oc1ccccc1. The van der Waals surface area contributed by atoms with Crippen molar-refractivity contribution in [2.75, 3.05) is 0 Å². The van der Waals surface area contributed by atoms with Crippen LogP contribution < -0.4 is 4.74 Å². The van der Waals surface area contributed by atoms with Crippen molar-refractivity contribution in [1.29, 1.82) is 0 Å². The molecule has 0 unspecified atom stereocenters. The van der Waals surface area contributed by atoms with Crippen LogP contribution >= 0.6 is 11.8 Å². The lowest BCUT2D eigenvalue weighted by Crippen LogP contribution is -2.02. The molecule has 0 amide bonds. The Morgan fingerprint density at radius 1 is 0.944 bits per heavy atom. The first-order valence-corrected chi connectivity index (χ1v) is 6.38. The zero-order valence-corrected chi connectivity index (χ0v) is 10.5. The summed E-state index contributed by atoms with van der Waals surface area (Å²) in [6.45, 7) is 0. The van der Waals surface area contributed by atoms with Gasteiger partial charge in [0, 0.05) is 11.0 Å². The van der Waals surface area contributed by atoms with Gasteiger partial charge in [0.05, 0.1) is 0 Å². The fraction of sp³-hybridized carbons (Fsp3) is 0. The van der Waals surface area contributed by atoms with Gasteiger partial charge in [0.1, 0.15) is 5.75 Å². The lowest BCUT2D eigenvalue weighted by Gasteiger charge is -1.99. The first-order valence-electron chi connectivity index (χ1n) is 5.50. The summed E-state index contributed by atoms with van der Waals surface area (Å²) in [5, 5.41) is 1.72. The summed E-state index contributed by atoms with van der Waals surface area (Å²) in [5.41, 5.74) is 0. The van der Waals surface area contributed by atoms with E-state index in [2.05, 4.69) is 0 Å². The molecule has 0 atom stereocenters. The second-order valence-corrected chi connectivity index (χ2v) is 4.45. The van der Waals surface area contributed by atoms with Crippen molar-refractivity contribution in [3.05, 3.63) is 72.1 Å². The van der Waals surface area contributed by atoms with Crippen molar-refractivity contribution >= 4 is 17.7 Å². The topological polar surface area (TPSA) is 26.3 Å². The number of hydrogen-bond acceptors (Lipinski definition) is 3. The average Bonchev–Trinajstić information content (AvgIpc) is 2.41. The Hall–Kier alpha value is -2.00. The molecule has 0 N–H and O–H groups in total. The molecule has 0 fully saturated rings. The third-order valence-electron chi connectivity index (χ3n) is 2.11. The van der Waals surface area contributed by atoms with E-state index < -0.39 is 0 Å². The smallest absolute Gasteiger partial charge is 0.336 e. The molecule has 0 aliphatic carbocycles. The molecule has 0 saturated carbocycles. The van der Waals surface area contributed by atoms with Crippen molar-refractivity contribution in [1.82, 2.24) is 0 Å². The standard InChI is InChI=1S/C15H12O2S/c16-15(17-13-7-3-1-4-8-13)11-12-18-14-9-5-2-6-10-14/h1-12H. The van der Waals surface area contributed by atoms with Crippen LogP contribution in [0.5, 0.6) is 5.75 Å². The summed E-state index contributed by atoms with van der Waals surface area (Å²) < 4.78 is 5.11. The van der Waals surface area contributed by atoms with Crippen molar-refractivity contribution in [2.45, 2.75) is 4.90 Å². The summed E-state index contributed by atoms with van der Waals surface area (Å²) >= 11 is 1.48. The van der Waals surface area contributed by atoms with Crippen molar-refractivity contribution in [2.24, 2.45) is 0 Å². The molecule has 0 saturated heterocycles. The second kappa shape index (κ2) is 6.67. The Balaban J connectivity index is 1.85. The monoisotopic (exact) mass is 256 g/mol. The molecule has 2 aromatic rings. The maximum atomic E-state index is 11.5. The van der Waals surface area contributed by atoms with Crippen LogP contribution in [0.15, 0.2) is 77.0 Å². The molecule has 0 aliphatic rings. The van der Waals surface area contributed by atoms with E-state index in [1.54, 1.807) is 17.5 Å². The molecule has 0 aromatic heterocycles. The average molecular weight is 256 g/mol. The molecule has 0 bridgehead atoms. The van der Waals surface area contributed by atoms with Gasteiger partial charge in [-0.1, -0.05) is 48.2 Å². The first-order chi connectivity index (χ1) is 8.84. The summed E-state index contributed by atoms with van der Waals surface area (Å²) in [7, 11) is 0. The Morgan fingerprint density at radius 2 is 1.56 bits per heavy atom. The highest BCUT2D eigenvalue weighted by atomic mass is 32.2. The molecular weight excluding hydrogens is 244 g/mol. The number of rotatable bonds is 4. The molecule has 0 spiro atoms. The lowest BCUT2D eigenvalue weighted by molar-refractivity contribution is -0.128. The van der Waals surface area contributed by atoms with Crippen LogP contribution in [0.2, 0.25) is 0 Å². The maximum absolute atomic E-state index is 11.5. The molecule has 2 rings (SSSR count). The van der Waals surface area contributed by atoms with Crippen molar-refractivity contribution in [3.8, 4) is 5.75 Å². The zero-order valence-electron chi connectivity index (χ0n) is 9.65. The van der Waals surface area contributed by atoms with Crippen LogP contribution in [-0.4, -0.2) is 5.97 Å². The number of hydrogen-bond donors (Lipinski definition) is 0. The Kier molecular flexibility index (Phi) is 4.61. The van der Waals surface area contributed by atoms with E-state index >= 15 is 0 Å². The van der Waals surface area contributed by atoms with Crippen LogP contribution in [0.3, 0.4) is 0 Å². The first kappa shape index (κ1) is 12.5. The predicted octanol–water partition coefficient (Wildman–Crippen LogP) is 3.90. The largest absolute Gasteiger partial charge is 0.423 e. The van der Waals surface area contributed by atoms with E-state index in [0.29, 0.717) is 5.75 Å². The van der Waals surface area contributed by atoms with Gasteiger partial charge in [0.2, 0.25) is 0 Å². The lowest BCUT2D eigenvalue weighted by atomic mass is 10.3. The van der Waals surface area contributed by atoms with E-state index in [1.807, 2.05) is 48.5 Å². The fourth-order valence-corrected chi connectivity index (χ4v) is 1.96. The van der Waals surface area contributed by atoms with Gasteiger partial charge in [0.15, 0.2) is 0 Å². The third-order valence-corrected chi connectivity index (χ3v) is 2.93. The fourth-order valence-electron chi connectivity index (χ4n) is 1.31. The number of carbonyl (C=O) groups is 1. The van der Waals surface area contributed by atoms with Crippen LogP contribution in [0.4, 0.5) is 0 Å². The van der Waals surface area contributed by atoms with Crippen LogP contribution in [-0.2, 0) is 4.79 Å². The molecule has 90 valence electrons. The second-order valence-electron chi connectivity index (χ2n) is 3.47. The van der Waals surface area contributed by atoms with Gasteiger partial charge < -0.3 is 4.74 Å². The summed E-state index contributed by atoms with van der Waals surface area (Å²) in [4.78, 5) is 12.6. The molecule has 0 aliphatic heterocycles.